The number of rotatable bonds is 7. The van der Waals surface area contributed by atoms with Crippen LogP contribution < -0.4 is 5.32 Å². The molecule has 0 radical (unpaired) electrons. The molecule has 1 atom stereocenters. The first-order chi connectivity index (χ1) is 10.2. The van der Waals surface area contributed by atoms with E-state index >= 15 is 0 Å². The van der Waals surface area contributed by atoms with E-state index in [0.717, 1.165) is 23.2 Å². The summed E-state index contributed by atoms with van der Waals surface area (Å²) in [5, 5.41) is 3.67. The van der Waals surface area contributed by atoms with Crippen molar-refractivity contribution in [1.29, 1.82) is 0 Å². The molecule has 0 saturated heterocycles. The molecule has 2 aromatic rings. The quantitative estimate of drug-likeness (QED) is 0.643. The van der Waals surface area contributed by atoms with Gasteiger partial charge in [-0.1, -0.05) is 58.7 Å². The monoisotopic (exact) mass is 363 g/mol. The Morgan fingerprint density at radius 2 is 1.95 bits per heavy atom. The standard InChI is InChI=1S/C18H22BrNS/c1-3-10-20-18(15-7-4-6-14(2)11-15)13-21-17-9-5-8-16(19)12-17/h4-9,11-12,18,20H,3,10,13H2,1-2H3. The van der Waals surface area contributed by atoms with Gasteiger partial charge in [-0.2, -0.15) is 0 Å². The second kappa shape index (κ2) is 8.62. The third kappa shape index (κ3) is 5.50. The van der Waals surface area contributed by atoms with Crippen molar-refractivity contribution in [2.45, 2.75) is 31.2 Å². The molecule has 112 valence electrons. The van der Waals surface area contributed by atoms with E-state index in [-0.39, 0.29) is 0 Å². The van der Waals surface area contributed by atoms with Gasteiger partial charge in [0.1, 0.15) is 0 Å². The predicted octanol–water partition coefficient (Wildman–Crippen LogP) is 5.59. The van der Waals surface area contributed by atoms with E-state index < -0.39 is 0 Å². The average Bonchev–Trinajstić information content (AvgIpc) is 2.47. The Hall–Kier alpha value is -0.770. The molecule has 2 aromatic carbocycles. The summed E-state index contributed by atoms with van der Waals surface area (Å²) < 4.78 is 1.14. The third-order valence-corrected chi connectivity index (χ3v) is 4.88. The van der Waals surface area contributed by atoms with Crippen molar-refractivity contribution in [3.8, 4) is 0 Å². The van der Waals surface area contributed by atoms with Gasteiger partial charge in [0.05, 0.1) is 0 Å². The minimum Gasteiger partial charge on any atom is -0.309 e. The first-order valence-corrected chi connectivity index (χ1v) is 9.15. The van der Waals surface area contributed by atoms with E-state index in [2.05, 4.69) is 83.6 Å². The summed E-state index contributed by atoms with van der Waals surface area (Å²) in [6, 6.07) is 17.7. The molecule has 1 nitrogen and oxygen atoms in total. The lowest BCUT2D eigenvalue weighted by atomic mass is 10.1. The maximum absolute atomic E-state index is 3.67. The van der Waals surface area contributed by atoms with E-state index in [1.165, 1.54) is 16.0 Å². The molecule has 0 amide bonds. The fourth-order valence-corrected chi connectivity index (χ4v) is 3.82. The summed E-state index contributed by atoms with van der Waals surface area (Å²) in [7, 11) is 0. The topological polar surface area (TPSA) is 12.0 Å². The maximum Gasteiger partial charge on any atom is 0.0415 e. The minimum atomic E-state index is 0.397. The summed E-state index contributed by atoms with van der Waals surface area (Å²) in [6.45, 7) is 5.42. The zero-order valence-corrected chi connectivity index (χ0v) is 15.0. The van der Waals surface area contributed by atoms with Crippen molar-refractivity contribution in [3.05, 3.63) is 64.1 Å². The molecule has 1 N–H and O–H groups in total. The second-order valence-electron chi connectivity index (χ2n) is 5.19. The van der Waals surface area contributed by atoms with E-state index in [0.29, 0.717) is 6.04 Å². The molecular formula is C18H22BrNS. The third-order valence-electron chi connectivity index (χ3n) is 3.30. The van der Waals surface area contributed by atoms with Crippen LogP contribution in [0.5, 0.6) is 0 Å². The summed E-state index contributed by atoms with van der Waals surface area (Å²) in [4.78, 5) is 1.31. The lowest BCUT2D eigenvalue weighted by Crippen LogP contribution is -2.24. The van der Waals surface area contributed by atoms with Gasteiger partial charge < -0.3 is 5.32 Å². The van der Waals surface area contributed by atoms with Crippen LogP contribution in [0.15, 0.2) is 57.9 Å². The van der Waals surface area contributed by atoms with Crippen molar-refractivity contribution in [3.63, 3.8) is 0 Å². The van der Waals surface area contributed by atoms with E-state index in [1.807, 2.05) is 11.8 Å². The lowest BCUT2D eigenvalue weighted by Gasteiger charge is -2.19. The normalized spacial score (nSPS) is 12.3. The highest BCUT2D eigenvalue weighted by Crippen LogP contribution is 2.27. The lowest BCUT2D eigenvalue weighted by molar-refractivity contribution is 0.577. The molecule has 1 unspecified atom stereocenters. The number of aryl methyl sites for hydroxylation is 1. The highest BCUT2D eigenvalue weighted by molar-refractivity contribution is 9.10. The summed E-state index contributed by atoms with van der Waals surface area (Å²) >= 11 is 5.44. The zero-order chi connectivity index (χ0) is 15.1. The molecule has 0 aliphatic heterocycles. The first kappa shape index (κ1) is 16.6. The number of hydrogen-bond acceptors (Lipinski definition) is 2. The summed E-state index contributed by atoms with van der Waals surface area (Å²) in [6.07, 6.45) is 1.16. The Balaban J connectivity index is 2.06. The number of thioether (sulfide) groups is 1. The van der Waals surface area contributed by atoms with Gasteiger partial charge >= 0.3 is 0 Å². The van der Waals surface area contributed by atoms with Gasteiger partial charge in [0.25, 0.3) is 0 Å². The Morgan fingerprint density at radius 3 is 2.67 bits per heavy atom. The Morgan fingerprint density at radius 1 is 1.14 bits per heavy atom. The van der Waals surface area contributed by atoms with Gasteiger partial charge in [-0.25, -0.2) is 0 Å². The molecule has 21 heavy (non-hydrogen) atoms. The molecular weight excluding hydrogens is 342 g/mol. The average molecular weight is 364 g/mol. The van der Waals surface area contributed by atoms with Crippen LogP contribution >= 0.6 is 27.7 Å². The van der Waals surface area contributed by atoms with Gasteiger partial charge in [0.15, 0.2) is 0 Å². The number of hydrogen-bond donors (Lipinski definition) is 1. The van der Waals surface area contributed by atoms with Crippen LogP contribution in [0.2, 0.25) is 0 Å². The minimum absolute atomic E-state index is 0.397. The Labute approximate surface area is 140 Å². The predicted molar refractivity (Wildman–Crippen MR) is 97.1 cm³/mol. The molecule has 0 spiro atoms. The number of halogens is 1. The van der Waals surface area contributed by atoms with Crippen LogP contribution in [-0.2, 0) is 0 Å². The van der Waals surface area contributed by atoms with Crippen LogP contribution in [0.3, 0.4) is 0 Å². The molecule has 0 aromatic heterocycles. The summed E-state index contributed by atoms with van der Waals surface area (Å²) in [5.41, 5.74) is 2.70. The van der Waals surface area contributed by atoms with Crippen LogP contribution in [-0.4, -0.2) is 12.3 Å². The van der Waals surface area contributed by atoms with Crippen LogP contribution in [0, 0.1) is 6.92 Å². The summed E-state index contributed by atoms with van der Waals surface area (Å²) in [5.74, 6) is 1.04. The molecule has 0 heterocycles. The van der Waals surface area contributed by atoms with Gasteiger partial charge in [-0.05, 0) is 43.7 Å². The molecule has 0 saturated carbocycles. The first-order valence-electron chi connectivity index (χ1n) is 7.37. The molecule has 0 bridgehead atoms. The van der Waals surface area contributed by atoms with Crippen molar-refractivity contribution < 1.29 is 0 Å². The highest BCUT2D eigenvalue weighted by Gasteiger charge is 2.11. The second-order valence-corrected chi connectivity index (χ2v) is 7.20. The van der Waals surface area contributed by atoms with Crippen LogP contribution in [0.25, 0.3) is 0 Å². The SMILES string of the molecule is CCCNC(CSc1cccc(Br)c1)c1cccc(C)c1. The molecule has 3 heteroatoms. The van der Waals surface area contributed by atoms with Gasteiger partial charge in [-0.3, -0.25) is 0 Å². The van der Waals surface area contributed by atoms with E-state index in [4.69, 9.17) is 0 Å². The van der Waals surface area contributed by atoms with Gasteiger partial charge in [0, 0.05) is 21.2 Å². The van der Waals surface area contributed by atoms with Crippen molar-refractivity contribution in [2.24, 2.45) is 0 Å². The largest absolute Gasteiger partial charge is 0.309 e. The van der Waals surface area contributed by atoms with E-state index in [9.17, 15) is 0 Å². The molecule has 0 fully saturated rings. The molecule has 0 aliphatic rings. The van der Waals surface area contributed by atoms with Crippen molar-refractivity contribution >= 4 is 27.7 Å². The van der Waals surface area contributed by atoms with Crippen molar-refractivity contribution in [2.75, 3.05) is 12.3 Å². The smallest absolute Gasteiger partial charge is 0.0415 e. The van der Waals surface area contributed by atoms with Gasteiger partial charge in [0.2, 0.25) is 0 Å². The molecule has 0 aliphatic carbocycles. The Bertz CT molecular complexity index is 571. The van der Waals surface area contributed by atoms with E-state index in [1.54, 1.807) is 0 Å². The zero-order valence-electron chi connectivity index (χ0n) is 12.6. The fourth-order valence-electron chi connectivity index (χ4n) is 2.21. The van der Waals surface area contributed by atoms with Crippen molar-refractivity contribution in [1.82, 2.24) is 5.32 Å². The maximum atomic E-state index is 3.67. The van der Waals surface area contributed by atoms with Gasteiger partial charge in [-0.15, -0.1) is 11.8 Å². The Kier molecular flexibility index (Phi) is 6.81. The molecule has 2 rings (SSSR count). The van der Waals surface area contributed by atoms with Crippen LogP contribution in [0.4, 0.5) is 0 Å². The number of benzene rings is 2. The highest BCUT2D eigenvalue weighted by atomic mass is 79.9. The van der Waals surface area contributed by atoms with Crippen LogP contribution in [0.1, 0.15) is 30.5 Å². The fraction of sp³-hybridized carbons (Fsp3) is 0.333. The number of nitrogens with one attached hydrogen (secondary N) is 1.